The van der Waals surface area contributed by atoms with E-state index in [1.165, 1.54) is 6.26 Å². The molecule has 1 N–H and O–H groups in total. The average molecular weight is 252 g/mol. The van der Waals surface area contributed by atoms with E-state index in [1.54, 1.807) is 13.0 Å². The summed E-state index contributed by atoms with van der Waals surface area (Å²) in [5, 5.41) is 2.91. The minimum atomic E-state index is -0.0526. The van der Waals surface area contributed by atoms with Crippen LogP contribution in [-0.4, -0.2) is 50.2 Å². The summed E-state index contributed by atoms with van der Waals surface area (Å²) in [5.41, 5.74) is 0.626. The van der Waals surface area contributed by atoms with Crippen LogP contribution in [0.4, 0.5) is 0 Å². The number of carbonyl (C=O) groups is 1. The van der Waals surface area contributed by atoms with E-state index in [1.807, 2.05) is 0 Å². The van der Waals surface area contributed by atoms with Crippen LogP contribution in [0.3, 0.4) is 0 Å². The Balaban J connectivity index is 1.63. The van der Waals surface area contributed by atoms with Crippen LogP contribution in [0, 0.1) is 6.92 Å². The van der Waals surface area contributed by atoms with Crippen molar-refractivity contribution in [2.75, 3.05) is 39.4 Å². The van der Waals surface area contributed by atoms with Crippen LogP contribution in [0.25, 0.3) is 0 Å². The normalized spacial score (nSPS) is 16.7. The van der Waals surface area contributed by atoms with E-state index in [4.69, 9.17) is 9.15 Å². The topological polar surface area (TPSA) is 54.7 Å². The molecule has 1 aromatic rings. The first-order valence-corrected chi connectivity index (χ1v) is 6.40. The molecule has 1 fully saturated rings. The summed E-state index contributed by atoms with van der Waals surface area (Å²) in [7, 11) is 0. The van der Waals surface area contributed by atoms with E-state index in [0.29, 0.717) is 17.9 Å². The van der Waals surface area contributed by atoms with E-state index in [-0.39, 0.29) is 5.91 Å². The highest BCUT2D eigenvalue weighted by molar-refractivity contribution is 5.94. The number of morpholine rings is 1. The summed E-state index contributed by atoms with van der Waals surface area (Å²) in [6, 6.07) is 1.70. The van der Waals surface area contributed by atoms with Crippen molar-refractivity contribution in [3.8, 4) is 0 Å². The molecule has 5 heteroatoms. The van der Waals surface area contributed by atoms with Crippen LogP contribution < -0.4 is 5.32 Å². The number of nitrogens with one attached hydrogen (secondary N) is 1. The first kappa shape index (κ1) is 13.1. The lowest BCUT2D eigenvalue weighted by Crippen LogP contribution is -2.38. The molecule has 0 aromatic carbocycles. The van der Waals surface area contributed by atoms with Crippen molar-refractivity contribution in [3.05, 3.63) is 23.7 Å². The molecule has 1 aliphatic rings. The SMILES string of the molecule is Cc1occc1C(=O)NCCCN1CCOCC1. The number of hydrogen-bond donors (Lipinski definition) is 1. The maximum Gasteiger partial charge on any atom is 0.254 e. The molecule has 2 rings (SSSR count). The van der Waals surface area contributed by atoms with Gasteiger partial charge >= 0.3 is 0 Å². The Morgan fingerprint density at radius 3 is 2.89 bits per heavy atom. The zero-order valence-electron chi connectivity index (χ0n) is 10.8. The Morgan fingerprint density at radius 1 is 1.44 bits per heavy atom. The summed E-state index contributed by atoms with van der Waals surface area (Å²) >= 11 is 0. The molecule has 0 saturated carbocycles. The lowest BCUT2D eigenvalue weighted by atomic mass is 10.2. The standard InChI is InChI=1S/C13H20N2O3/c1-11-12(3-8-18-11)13(16)14-4-2-5-15-6-9-17-10-7-15/h3,8H,2,4-7,9-10H2,1H3,(H,14,16). The quantitative estimate of drug-likeness (QED) is 0.796. The zero-order valence-corrected chi connectivity index (χ0v) is 10.8. The first-order chi connectivity index (χ1) is 8.77. The summed E-state index contributed by atoms with van der Waals surface area (Å²) in [6.45, 7) is 7.13. The molecule has 1 saturated heterocycles. The molecule has 1 amide bonds. The van der Waals surface area contributed by atoms with Gasteiger partial charge in [-0.2, -0.15) is 0 Å². The second-order valence-corrected chi connectivity index (χ2v) is 4.45. The van der Waals surface area contributed by atoms with Gasteiger partial charge in [0.05, 0.1) is 25.0 Å². The molecule has 18 heavy (non-hydrogen) atoms. The second-order valence-electron chi connectivity index (χ2n) is 4.45. The number of amides is 1. The molecule has 0 aliphatic carbocycles. The smallest absolute Gasteiger partial charge is 0.254 e. The number of furan rings is 1. The molecule has 0 atom stereocenters. The Labute approximate surface area is 107 Å². The van der Waals surface area contributed by atoms with Gasteiger partial charge in [-0.3, -0.25) is 9.69 Å². The van der Waals surface area contributed by atoms with Crippen LogP contribution in [-0.2, 0) is 4.74 Å². The van der Waals surface area contributed by atoms with Crippen molar-refractivity contribution in [1.82, 2.24) is 10.2 Å². The van der Waals surface area contributed by atoms with Crippen LogP contribution >= 0.6 is 0 Å². The number of carbonyl (C=O) groups excluding carboxylic acids is 1. The van der Waals surface area contributed by atoms with Crippen LogP contribution in [0.15, 0.2) is 16.7 Å². The predicted octanol–water partition coefficient (Wildman–Crippen LogP) is 1.04. The van der Waals surface area contributed by atoms with E-state index >= 15 is 0 Å². The predicted molar refractivity (Wildman–Crippen MR) is 67.7 cm³/mol. The third kappa shape index (κ3) is 3.58. The monoisotopic (exact) mass is 252 g/mol. The van der Waals surface area contributed by atoms with E-state index in [9.17, 15) is 4.79 Å². The summed E-state index contributed by atoms with van der Waals surface area (Å²) < 4.78 is 10.4. The Kier molecular flexibility index (Phi) is 4.78. The Hall–Kier alpha value is -1.33. The number of hydrogen-bond acceptors (Lipinski definition) is 4. The Bertz CT molecular complexity index is 383. The summed E-state index contributed by atoms with van der Waals surface area (Å²) in [5.74, 6) is 0.615. The van der Waals surface area contributed by atoms with Crippen LogP contribution in [0.5, 0.6) is 0 Å². The van der Waals surface area contributed by atoms with Gasteiger partial charge in [-0.1, -0.05) is 0 Å². The number of nitrogens with zero attached hydrogens (tertiary/aromatic N) is 1. The molecule has 0 unspecified atom stereocenters. The van der Waals surface area contributed by atoms with Crippen molar-refractivity contribution in [1.29, 1.82) is 0 Å². The van der Waals surface area contributed by atoms with Gasteiger partial charge in [0.15, 0.2) is 0 Å². The molecule has 2 heterocycles. The largest absolute Gasteiger partial charge is 0.469 e. The Morgan fingerprint density at radius 2 is 2.22 bits per heavy atom. The van der Waals surface area contributed by atoms with Gasteiger partial charge in [-0.15, -0.1) is 0 Å². The van der Waals surface area contributed by atoms with Crippen LogP contribution in [0.1, 0.15) is 22.5 Å². The lowest BCUT2D eigenvalue weighted by molar-refractivity contribution is 0.0374. The van der Waals surface area contributed by atoms with Crippen LogP contribution in [0.2, 0.25) is 0 Å². The zero-order chi connectivity index (χ0) is 12.8. The van der Waals surface area contributed by atoms with E-state index in [0.717, 1.165) is 39.3 Å². The molecule has 0 radical (unpaired) electrons. The fourth-order valence-electron chi connectivity index (χ4n) is 2.05. The molecule has 0 spiro atoms. The first-order valence-electron chi connectivity index (χ1n) is 6.40. The molecular weight excluding hydrogens is 232 g/mol. The van der Waals surface area contributed by atoms with E-state index < -0.39 is 0 Å². The average Bonchev–Trinajstić information content (AvgIpc) is 2.82. The van der Waals surface area contributed by atoms with Crippen molar-refractivity contribution in [3.63, 3.8) is 0 Å². The van der Waals surface area contributed by atoms with Gasteiger partial charge in [0.25, 0.3) is 5.91 Å². The summed E-state index contributed by atoms with van der Waals surface area (Å²) in [4.78, 5) is 14.1. The van der Waals surface area contributed by atoms with Crippen molar-refractivity contribution >= 4 is 5.91 Å². The van der Waals surface area contributed by atoms with Crippen molar-refractivity contribution in [2.45, 2.75) is 13.3 Å². The summed E-state index contributed by atoms with van der Waals surface area (Å²) in [6.07, 6.45) is 2.50. The van der Waals surface area contributed by atoms with Gasteiger partial charge in [0.2, 0.25) is 0 Å². The van der Waals surface area contributed by atoms with Crippen molar-refractivity contribution in [2.24, 2.45) is 0 Å². The van der Waals surface area contributed by atoms with Gasteiger partial charge in [-0.25, -0.2) is 0 Å². The number of ether oxygens (including phenoxy) is 1. The number of aryl methyl sites for hydroxylation is 1. The minimum absolute atomic E-state index is 0.0526. The van der Waals surface area contributed by atoms with E-state index in [2.05, 4.69) is 10.2 Å². The maximum absolute atomic E-state index is 11.8. The van der Waals surface area contributed by atoms with Crippen molar-refractivity contribution < 1.29 is 13.9 Å². The molecule has 1 aromatic heterocycles. The highest BCUT2D eigenvalue weighted by Crippen LogP contribution is 2.08. The highest BCUT2D eigenvalue weighted by Gasteiger charge is 2.12. The van der Waals surface area contributed by atoms with Gasteiger partial charge in [-0.05, 0) is 26.0 Å². The molecule has 1 aliphatic heterocycles. The second kappa shape index (κ2) is 6.56. The third-order valence-corrected chi connectivity index (χ3v) is 3.14. The molecule has 5 nitrogen and oxygen atoms in total. The highest BCUT2D eigenvalue weighted by atomic mass is 16.5. The number of rotatable bonds is 5. The molecule has 100 valence electrons. The fourth-order valence-corrected chi connectivity index (χ4v) is 2.05. The lowest BCUT2D eigenvalue weighted by Gasteiger charge is -2.26. The maximum atomic E-state index is 11.8. The third-order valence-electron chi connectivity index (χ3n) is 3.14. The minimum Gasteiger partial charge on any atom is -0.469 e. The van der Waals surface area contributed by atoms with Gasteiger partial charge < -0.3 is 14.5 Å². The molecule has 0 bridgehead atoms. The van der Waals surface area contributed by atoms with Gasteiger partial charge in [0.1, 0.15) is 5.76 Å². The molecular formula is C13H20N2O3. The van der Waals surface area contributed by atoms with Gasteiger partial charge in [0, 0.05) is 19.6 Å². The fraction of sp³-hybridized carbons (Fsp3) is 0.615.